The first kappa shape index (κ1) is 20.5. The number of hydrogen-bond donors (Lipinski definition) is 2. The summed E-state index contributed by atoms with van der Waals surface area (Å²) in [5.41, 5.74) is 3.68. The number of aliphatic hydroxyl groups is 2. The SMILES string of the molecule is CC(O)=C(CC(C)C)C[C@@]12CCC[C@H]1[C@@H]1CC=C3C[C@@H](O)CC[C@]3(C)[C@H]1CC2. The zero-order valence-corrected chi connectivity index (χ0v) is 18.6. The number of hydrogen-bond acceptors (Lipinski definition) is 2. The maximum absolute atomic E-state index is 10.4. The molecule has 2 N–H and O–H groups in total. The van der Waals surface area contributed by atoms with E-state index in [1.54, 1.807) is 5.57 Å². The molecule has 0 aliphatic heterocycles. The monoisotopic (exact) mass is 386 g/mol. The van der Waals surface area contributed by atoms with Crippen molar-refractivity contribution in [2.24, 2.45) is 34.5 Å². The van der Waals surface area contributed by atoms with Crippen LogP contribution in [0.25, 0.3) is 0 Å². The van der Waals surface area contributed by atoms with Crippen LogP contribution in [-0.2, 0) is 0 Å². The molecule has 0 aromatic carbocycles. The van der Waals surface area contributed by atoms with Crippen LogP contribution in [0.1, 0.15) is 98.3 Å². The van der Waals surface area contributed by atoms with Crippen molar-refractivity contribution in [3.63, 3.8) is 0 Å². The number of fused-ring (bicyclic) bond motifs is 5. The lowest BCUT2D eigenvalue weighted by molar-refractivity contribution is -0.0436. The molecule has 3 fully saturated rings. The average molecular weight is 387 g/mol. The Balaban J connectivity index is 1.60. The first-order valence-corrected chi connectivity index (χ1v) is 12.0. The molecule has 0 spiro atoms. The third-order valence-corrected chi connectivity index (χ3v) is 9.34. The van der Waals surface area contributed by atoms with Gasteiger partial charge in [0.1, 0.15) is 0 Å². The number of allylic oxidation sites excluding steroid dienone is 3. The molecule has 6 atom stereocenters. The van der Waals surface area contributed by atoms with Gasteiger partial charge in [0.2, 0.25) is 0 Å². The Bertz CT molecular complexity index is 655. The van der Waals surface area contributed by atoms with E-state index in [4.69, 9.17) is 0 Å². The molecule has 158 valence electrons. The smallest absolute Gasteiger partial charge is 0.0884 e. The van der Waals surface area contributed by atoms with Gasteiger partial charge in [-0.1, -0.05) is 38.8 Å². The minimum Gasteiger partial charge on any atom is -0.513 e. The van der Waals surface area contributed by atoms with Crippen LogP contribution in [0.2, 0.25) is 0 Å². The highest BCUT2D eigenvalue weighted by Crippen LogP contribution is 2.66. The normalized spacial score (nSPS) is 43.7. The summed E-state index contributed by atoms with van der Waals surface area (Å²) >= 11 is 0. The van der Waals surface area contributed by atoms with Crippen molar-refractivity contribution in [3.8, 4) is 0 Å². The van der Waals surface area contributed by atoms with Crippen molar-refractivity contribution in [3.05, 3.63) is 23.0 Å². The van der Waals surface area contributed by atoms with E-state index in [0.717, 1.165) is 43.4 Å². The van der Waals surface area contributed by atoms with E-state index in [0.29, 0.717) is 22.5 Å². The molecule has 4 aliphatic carbocycles. The van der Waals surface area contributed by atoms with Gasteiger partial charge in [0.25, 0.3) is 0 Å². The zero-order chi connectivity index (χ0) is 20.1. The van der Waals surface area contributed by atoms with Crippen LogP contribution in [-0.4, -0.2) is 16.3 Å². The van der Waals surface area contributed by atoms with Crippen molar-refractivity contribution in [1.29, 1.82) is 0 Å². The Kier molecular flexibility index (Phi) is 5.49. The predicted molar refractivity (Wildman–Crippen MR) is 116 cm³/mol. The zero-order valence-electron chi connectivity index (χ0n) is 18.6. The second kappa shape index (κ2) is 7.49. The minimum absolute atomic E-state index is 0.110. The molecular weight excluding hydrogens is 344 g/mol. The molecule has 3 saturated carbocycles. The lowest BCUT2D eigenvalue weighted by atomic mass is 9.47. The quantitative estimate of drug-likeness (QED) is 0.405. The second-order valence-corrected chi connectivity index (χ2v) is 11.4. The molecule has 0 radical (unpaired) electrons. The van der Waals surface area contributed by atoms with Crippen LogP contribution in [0.5, 0.6) is 0 Å². The summed E-state index contributed by atoms with van der Waals surface area (Å²) in [7, 11) is 0. The Morgan fingerprint density at radius 3 is 2.64 bits per heavy atom. The molecule has 0 bridgehead atoms. The van der Waals surface area contributed by atoms with Gasteiger partial charge in [0, 0.05) is 0 Å². The molecule has 0 heterocycles. The molecule has 2 heteroatoms. The molecule has 4 aliphatic rings. The lowest BCUT2D eigenvalue weighted by Crippen LogP contribution is -2.50. The van der Waals surface area contributed by atoms with E-state index in [1.807, 2.05) is 6.92 Å². The van der Waals surface area contributed by atoms with Crippen LogP contribution in [0.3, 0.4) is 0 Å². The van der Waals surface area contributed by atoms with Crippen LogP contribution >= 0.6 is 0 Å². The molecule has 28 heavy (non-hydrogen) atoms. The summed E-state index contributed by atoms with van der Waals surface area (Å²) in [5, 5.41) is 20.6. The Hall–Kier alpha value is -0.760. The van der Waals surface area contributed by atoms with Gasteiger partial charge in [0.15, 0.2) is 0 Å². The van der Waals surface area contributed by atoms with E-state index >= 15 is 0 Å². The molecule has 0 aromatic rings. The van der Waals surface area contributed by atoms with Crippen LogP contribution in [0, 0.1) is 34.5 Å². The van der Waals surface area contributed by atoms with Gasteiger partial charge in [-0.05, 0) is 111 Å². The average Bonchev–Trinajstić information content (AvgIpc) is 3.05. The van der Waals surface area contributed by atoms with Gasteiger partial charge in [-0.3, -0.25) is 0 Å². The van der Waals surface area contributed by atoms with E-state index in [-0.39, 0.29) is 6.10 Å². The molecule has 0 amide bonds. The fourth-order valence-electron chi connectivity index (χ4n) is 8.01. The molecule has 4 rings (SSSR count). The highest BCUT2D eigenvalue weighted by atomic mass is 16.3. The maximum atomic E-state index is 10.4. The summed E-state index contributed by atoms with van der Waals surface area (Å²) in [4.78, 5) is 0. The Morgan fingerprint density at radius 1 is 1.14 bits per heavy atom. The van der Waals surface area contributed by atoms with Gasteiger partial charge in [-0.25, -0.2) is 0 Å². The predicted octanol–water partition coefficient (Wildman–Crippen LogP) is 6.95. The Labute approximate surface area is 172 Å². The largest absolute Gasteiger partial charge is 0.513 e. The topological polar surface area (TPSA) is 40.5 Å². The first-order valence-electron chi connectivity index (χ1n) is 12.0. The highest BCUT2D eigenvalue weighted by molar-refractivity contribution is 5.26. The molecule has 2 nitrogen and oxygen atoms in total. The van der Waals surface area contributed by atoms with E-state index < -0.39 is 0 Å². The summed E-state index contributed by atoms with van der Waals surface area (Å²) in [5.74, 6) is 3.66. The first-order chi connectivity index (χ1) is 13.2. The van der Waals surface area contributed by atoms with E-state index in [2.05, 4.69) is 26.8 Å². The van der Waals surface area contributed by atoms with Gasteiger partial charge < -0.3 is 10.2 Å². The summed E-state index contributed by atoms with van der Waals surface area (Å²) < 4.78 is 0. The van der Waals surface area contributed by atoms with Crippen molar-refractivity contribution in [2.75, 3.05) is 0 Å². The molecular formula is C26H42O2. The molecule has 0 saturated heterocycles. The summed E-state index contributed by atoms with van der Waals surface area (Å²) in [6, 6.07) is 0. The Morgan fingerprint density at radius 2 is 1.93 bits per heavy atom. The van der Waals surface area contributed by atoms with Crippen LogP contribution in [0.4, 0.5) is 0 Å². The van der Waals surface area contributed by atoms with Crippen molar-refractivity contribution >= 4 is 0 Å². The van der Waals surface area contributed by atoms with Crippen molar-refractivity contribution in [1.82, 2.24) is 0 Å². The van der Waals surface area contributed by atoms with Gasteiger partial charge >= 0.3 is 0 Å². The van der Waals surface area contributed by atoms with Gasteiger partial charge in [0.05, 0.1) is 11.9 Å². The standard InChI is InChI=1S/C26H42O2/c1-17(2)14-19(18(3)27)16-26-11-5-6-24(26)22-8-7-20-15-21(28)9-12-25(20,4)23(22)10-13-26/h7,17,21-24,27-28H,5-6,8-16H2,1-4H3/t21-,22+,23-,24-,25-,26-/m0/s1. The van der Waals surface area contributed by atoms with Crippen molar-refractivity contribution in [2.45, 2.75) is 104 Å². The summed E-state index contributed by atoms with van der Waals surface area (Å²) in [6.45, 7) is 8.98. The van der Waals surface area contributed by atoms with Crippen LogP contribution < -0.4 is 0 Å². The highest BCUT2D eigenvalue weighted by Gasteiger charge is 2.57. The third-order valence-electron chi connectivity index (χ3n) is 9.34. The molecule has 0 aromatic heterocycles. The minimum atomic E-state index is -0.110. The third kappa shape index (κ3) is 3.38. The van der Waals surface area contributed by atoms with Gasteiger partial charge in [-0.15, -0.1) is 0 Å². The van der Waals surface area contributed by atoms with Gasteiger partial charge in [-0.2, -0.15) is 0 Å². The summed E-state index contributed by atoms with van der Waals surface area (Å²) in [6.07, 6.45) is 15.7. The fourth-order valence-corrected chi connectivity index (χ4v) is 8.01. The van der Waals surface area contributed by atoms with E-state index in [1.165, 1.54) is 50.5 Å². The van der Waals surface area contributed by atoms with E-state index in [9.17, 15) is 10.2 Å². The van der Waals surface area contributed by atoms with Crippen LogP contribution in [0.15, 0.2) is 23.0 Å². The molecule has 0 unspecified atom stereocenters. The van der Waals surface area contributed by atoms with Crippen molar-refractivity contribution < 1.29 is 10.2 Å². The maximum Gasteiger partial charge on any atom is 0.0884 e. The lowest BCUT2D eigenvalue weighted by Gasteiger charge is -2.58. The number of aliphatic hydroxyl groups excluding tert-OH is 2. The fraction of sp³-hybridized carbons (Fsp3) is 0.846. The number of rotatable bonds is 4. The second-order valence-electron chi connectivity index (χ2n) is 11.4.